The van der Waals surface area contributed by atoms with Crippen molar-refractivity contribution in [1.29, 1.82) is 0 Å². The number of aliphatic carboxylic acids is 1. The number of hydrogen-bond acceptors (Lipinski definition) is 5. The van der Waals surface area contributed by atoms with Crippen LogP contribution in [0.1, 0.15) is 34.5 Å². The number of carbonyl (C=O) groups excluding carboxylic acids is 1. The molecule has 1 atom stereocenters. The second-order valence-corrected chi connectivity index (χ2v) is 12.0. The Morgan fingerprint density at radius 2 is 1.53 bits per heavy atom. The first kappa shape index (κ1) is 27.9. The van der Waals surface area contributed by atoms with E-state index in [0.29, 0.717) is 23.1 Å². The summed E-state index contributed by atoms with van der Waals surface area (Å²) in [6.45, 7) is 2.50. The Bertz CT molecular complexity index is 1360. The molecule has 1 heterocycles. The minimum Gasteiger partial charge on any atom is -0.480 e. The van der Waals surface area contributed by atoms with Crippen LogP contribution in [0.25, 0.3) is 0 Å². The number of sulfonamides is 1. The van der Waals surface area contributed by atoms with Crippen molar-refractivity contribution in [2.24, 2.45) is 5.92 Å². The third-order valence-corrected chi connectivity index (χ3v) is 8.25. The number of nitrogens with one attached hydrogen (secondary N) is 2. The molecule has 1 fully saturated rings. The van der Waals surface area contributed by atoms with Gasteiger partial charge in [-0.3, -0.25) is 19.2 Å². The van der Waals surface area contributed by atoms with Crippen molar-refractivity contribution in [3.63, 3.8) is 0 Å². The van der Waals surface area contributed by atoms with Gasteiger partial charge in [-0.05, 0) is 60.5 Å². The lowest BCUT2D eigenvalue weighted by Crippen LogP contribution is -2.51. The highest BCUT2D eigenvalue weighted by Crippen LogP contribution is 2.35. The van der Waals surface area contributed by atoms with Gasteiger partial charge < -0.3 is 10.4 Å². The van der Waals surface area contributed by atoms with Crippen LogP contribution >= 0.6 is 23.2 Å². The van der Waals surface area contributed by atoms with Gasteiger partial charge in [-0.25, -0.2) is 8.42 Å². The Hall–Kier alpha value is -3.11. The molecule has 0 saturated carbocycles. The van der Waals surface area contributed by atoms with Crippen LogP contribution in [0.15, 0.2) is 72.8 Å². The molecule has 3 aromatic rings. The summed E-state index contributed by atoms with van der Waals surface area (Å²) in [5.41, 5.74) is 2.48. The predicted molar refractivity (Wildman–Crippen MR) is 148 cm³/mol. The fourth-order valence-corrected chi connectivity index (χ4v) is 6.08. The van der Waals surface area contributed by atoms with Crippen LogP contribution in [0.5, 0.6) is 0 Å². The molecule has 1 saturated heterocycles. The van der Waals surface area contributed by atoms with E-state index in [0.717, 1.165) is 11.1 Å². The fourth-order valence-electron chi connectivity index (χ4n) is 4.43. The molecule has 1 aliphatic rings. The lowest BCUT2D eigenvalue weighted by atomic mass is 9.91. The largest absolute Gasteiger partial charge is 0.480 e. The highest BCUT2D eigenvalue weighted by molar-refractivity contribution is 7.92. The van der Waals surface area contributed by atoms with E-state index in [9.17, 15) is 18.0 Å². The van der Waals surface area contributed by atoms with Gasteiger partial charge in [0.25, 0.3) is 5.91 Å². The smallest absolute Gasteiger partial charge is 0.325 e. The molecule has 0 spiro atoms. The highest BCUT2D eigenvalue weighted by Gasteiger charge is 2.36. The molecule has 38 heavy (non-hydrogen) atoms. The van der Waals surface area contributed by atoms with Crippen molar-refractivity contribution < 1.29 is 23.1 Å². The molecule has 11 heteroatoms. The van der Waals surface area contributed by atoms with E-state index in [1.165, 1.54) is 25.1 Å². The minimum absolute atomic E-state index is 0.0696. The summed E-state index contributed by atoms with van der Waals surface area (Å²) in [6.07, 6.45) is 0. The summed E-state index contributed by atoms with van der Waals surface area (Å²) >= 11 is 12.2. The van der Waals surface area contributed by atoms with Crippen LogP contribution < -0.4 is 10.0 Å². The van der Waals surface area contributed by atoms with Crippen molar-refractivity contribution >= 4 is 50.8 Å². The summed E-state index contributed by atoms with van der Waals surface area (Å²) in [4.78, 5) is 25.5. The standard InChI is InChI=1S/C27H27Cl2N3O5S/c1-17(27(34)35)30-26(33)21-3-2-4-24(13-21)31-38(36,37)16-18-14-32(15-18)25(19-5-9-22(28)10-6-19)20-7-11-23(29)12-8-20/h2-13,17-18,25,31H,14-16H2,1H3,(H,30,33)(H,34,35)/t17-/m0/s1. The second-order valence-electron chi connectivity index (χ2n) is 9.32. The number of carboxylic acid groups (broad SMARTS) is 1. The Balaban J connectivity index is 1.40. The molecule has 4 rings (SSSR count). The van der Waals surface area contributed by atoms with E-state index in [1.807, 2.05) is 48.5 Å². The molecular weight excluding hydrogens is 549 g/mol. The third kappa shape index (κ3) is 7.05. The molecule has 200 valence electrons. The van der Waals surface area contributed by atoms with Crippen LogP contribution in [0.2, 0.25) is 10.0 Å². The number of rotatable bonds is 10. The van der Waals surface area contributed by atoms with Crippen molar-refractivity contribution in [3.05, 3.63) is 99.5 Å². The molecule has 1 amide bonds. The molecular formula is C27H27Cl2N3O5S. The van der Waals surface area contributed by atoms with Crippen molar-refractivity contribution in [3.8, 4) is 0 Å². The number of anilines is 1. The van der Waals surface area contributed by atoms with Gasteiger partial charge in [-0.15, -0.1) is 0 Å². The van der Waals surface area contributed by atoms with Crippen LogP contribution in [-0.2, 0) is 14.8 Å². The lowest BCUT2D eigenvalue weighted by molar-refractivity contribution is -0.138. The van der Waals surface area contributed by atoms with Crippen LogP contribution in [0.3, 0.4) is 0 Å². The molecule has 0 aromatic heterocycles. The van der Waals surface area contributed by atoms with Crippen molar-refractivity contribution in [2.75, 3.05) is 23.6 Å². The summed E-state index contributed by atoms with van der Waals surface area (Å²) in [6, 6.07) is 20.0. The van der Waals surface area contributed by atoms with Gasteiger partial charge in [0, 0.05) is 40.3 Å². The molecule has 0 aliphatic carbocycles. The van der Waals surface area contributed by atoms with E-state index in [4.69, 9.17) is 28.3 Å². The molecule has 1 aliphatic heterocycles. The number of nitrogens with zero attached hydrogens (tertiary/aromatic N) is 1. The SMILES string of the molecule is C[C@H](NC(=O)c1cccc(NS(=O)(=O)CC2CN(C(c3ccc(Cl)cc3)c3ccc(Cl)cc3)C2)c1)C(=O)O. The Morgan fingerprint density at radius 1 is 0.974 bits per heavy atom. The zero-order valence-electron chi connectivity index (χ0n) is 20.5. The van der Waals surface area contributed by atoms with Crippen molar-refractivity contribution in [1.82, 2.24) is 10.2 Å². The van der Waals surface area contributed by atoms with E-state index in [2.05, 4.69) is 14.9 Å². The maximum Gasteiger partial charge on any atom is 0.325 e. The van der Waals surface area contributed by atoms with E-state index >= 15 is 0 Å². The molecule has 3 N–H and O–H groups in total. The van der Waals surface area contributed by atoms with E-state index in [1.54, 1.807) is 6.07 Å². The number of benzene rings is 3. The van der Waals surface area contributed by atoms with Gasteiger partial charge in [0.1, 0.15) is 6.04 Å². The van der Waals surface area contributed by atoms with Gasteiger partial charge in [-0.1, -0.05) is 53.5 Å². The molecule has 0 bridgehead atoms. The van der Waals surface area contributed by atoms with Crippen LogP contribution in [0, 0.1) is 5.92 Å². The number of hydrogen-bond donors (Lipinski definition) is 3. The van der Waals surface area contributed by atoms with Gasteiger partial charge in [-0.2, -0.15) is 0 Å². The Morgan fingerprint density at radius 3 is 2.05 bits per heavy atom. The van der Waals surface area contributed by atoms with Crippen molar-refractivity contribution in [2.45, 2.75) is 19.0 Å². The number of likely N-dealkylation sites (tertiary alicyclic amines) is 1. The Labute approximate surface area is 231 Å². The molecule has 0 unspecified atom stereocenters. The third-order valence-electron chi connectivity index (χ3n) is 6.29. The number of amides is 1. The topological polar surface area (TPSA) is 116 Å². The summed E-state index contributed by atoms with van der Waals surface area (Å²) in [5.74, 6) is -1.94. The zero-order valence-corrected chi connectivity index (χ0v) is 22.8. The average Bonchev–Trinajstić information content (AvgIpc) is 2.84. The fraction of sp³-hybridized carbons (Fsp3) is 0.259. The van der Waals surface area contributed by atoms with Crippen LogP contribution in [-0.4, -0.2) is 55.2 Å². The number of carboxylic acids is 1. The summed E-state index contributed by atoms with van der Waals surface area (Å²) in [5, 5.41) is 12.6. The van der Waals surface area contributed by atoms with Crippen LogP contribution in [0.4, 0.5) is 5.69 Å². The first-order valence-corrected chi connectivity index (χ1v) is 14.3. The second kappa shape index (κ2) is 11.7. The average molecular weight is 577 g/mol. The molecule has 3 aromatic carbocycles. The van der Waals surface area contributed by atoms with Gasteiger partial charge in [0.2, 0.25) is 10.0 Å². The lowest BCUT2D eigenvalue weighted by Gasteiger charge is -2.44. The molecule has 0 radical (unpaired) electrons. The van der Waals surface area contributed by atoms with E-state index in [-0.39, 0.29) is 29.0 Å². The quantitative estimate of drug-likeness (QED) is 0.324. The number of carbonyl (C=O) groups is 2. The normalized spacial score (nSPS) is 15.1. The highest BCUT2D eigenvalue weighted by atomic mass is 35.5. The van der Waals surface area contributed by atoms with E-state index < -0.39 is 27.9 Å². The van der Waals surface area contributed by atoms with Gasteiger partial charge >= 0.3 is 5.97 Å². The first-order valence-electron chi connectivity index (χ1n) is 11.9. The zero-order chi connectivity index (χ0) is 27.4. The summed E-state index contributed by atoms with van der Waals surface area (Å²) < 4.78 is 28.3. The predicted octanol–water partition coefficient (Wildman–Crippen LogP) is 4.66. The summed E-state index contributed by atoms with van der Waals surface area (Å²) in [7, 11) is -3.70. The maximum atomic E-state index is 12.9. The minimum atomic E-state index is -3.70. The Kier molecular flexibility index (Phi) is 8.62. The van der Waals surface area contributed by atoms with Gasteiger partial charge in [0.05, 0.1) is 11.8 Å². The maximum absolute atomic E-state index is 12.9. The molecule has 8 nitrogen and oxygen atoms in total. The number of halogens is 2. The van der Waals surface area contributed by atoms with Gasteiger partial charge in [0.15, 0.2) is 0 Å². The first-order chi connectivity index (χ1) is 18.0. The monoisotopic (exact) mass is 575 g/mol.